The smallest absolute Gasteiger partial charge is 0.251 e. The Morgan fingerprint density at radius 2 is 1.88 bits per heavy atom. The SMILES string of the molecule is CCNC(=O)c1cccc(NC(=O)CCc2c[nH]c3ccccc23)c1C. The molecule has 0 aliphatic rings. The van der Waals surface area contributed by atoms with Crippen LogP contribution in [0.5, 0.6) is 0 Å². The molecule has 0 fully saturated rings. The van der Waals surface area contributed by atoms with E-state index in [0.717, 1.165) is 22.0 Å². The molecule has 0 spiro atoms. The Morgan fingerprint density at radius 3 is 2.69 bits per heavy atom. The molecule has 134 valence electrons. The van der Waals surface area contributed by atoms with E-state index in [1.54, 1.807) is 12.1 Å². The van der Waals surface area contributed by atoms with Crippen molar-refractivity contribution in [3.63, 3.8) is 0 Å². The number of rotatable bonds is 6. The predicted molar refractivity (Wildman–Crippen MR) is 104 cm³/mol. The first-order valence-electron chi connectivity index (χ1n) is 8.82. The minimum atomic E-state index is -0.125. The number of benzene rings is 2. The van der Waals surface area contributed by atoms with Gasteiger partial charge < -0.3 is 15.6 Å². The van der Waals surface area contributed by atoms with E-state index < -0.39 is 0 Å². The monoisotopic (exact) mass is 349 g/mol. The molecular formula is C21H23N3O2. The van der Waals surface area contributed by atoms with E-state index in [9.17, 15) is 9.59 Å². The lowest BCUT2D eigenvalue weighted by Crippen LogP contribution is -2.24. The quantitative estimate of drug-likeness (QED) is 0.633. The van der Waals surface area contributed by atoms with Gasteiger partial charge >= 0.3 is 0 Å². The minimum Gasteiger partial charge on any atom is -0.361 e. The summed E-state index contributed by atoms with van der Waals surface area (Å²) in [5.41, 5.74) is 4.25. The van der Waals surface area contributed by atoms with Crippen molar-refractivity contribution in [3.05, 3.63) is 65.4 Å². The first-order valence-corrected chi connectivity index (χ1v) is 8.82. The highest BCUT2D eigenvalue weighted by molar-refractivity contribution is 5.99. The van der Waals surface area contributed by atoms with Crippen molar-refractivity contribution < 1.29 is 9.59 Å². The molecule has 3 rings (SSSR count). The minimum absolute atomic E-state index is 0.0635. The van der Waals surface area contributed by atoms with Crippen molar-refractivity contribution in [3.8, 4) is 0 Å². The summed E-state index contributed by atoms with van der Waals surface area (Å²) in [5, 5.41) is 6.87. The predicted octanol–water partition coefficient (Wildman–Crippen LogP) is 3.80. The summed E-state index contributed by atoms with van der Waals surface area (Å²) in [6.07, 6.45) is 3.00. The average Bonchev–Trinajstić information content (AvgIpc) is 3.05. The van der Waals surface area contributed by atoms with Crippen molar-refractivity contribution in [1.29, 1.82) is 0 Å². The molecule has 26 heavy (non-hydrogen) atoms. The van der Waals surface area contributed by atoms with Crippen LogP contribution in [0.1, 0.15) is 34.8 Å². The van der Waals surface area contributed by atoms with Gasteiger partial charge in [-0.05, 0) is 49.6 Å². The number of H-pyrrole nitrogens is 1. The van der Waals surface area contributed by atoms with E-state index >= 15 is 0 Å². The van der Waals surface area contributed by atoms with Gasteiger partial charge in [0.15, 0.2) is 0 Å². The van der Waals surface area contributed by atoms with Crippen LogP contribution in [0.2, 0.25) is 0 Å². The molecule has 5 nitrogen and oxygen atoms in total. The lowest BCUT2D eigenvalue weighted by atomic mass is 10.1. The van der Waals surface area contributed by atoms with E-state index in [1.165, 1.54) is 0 Å². The fourth-order valence-corrected chi connectivity index (χ4v) is 3.07. The number of hydrogen-bond acceptors (Lipinski definition) is 2. The van der Waals surface area contributed by atoms with Gasteiger partial charge in [0.1, 0.15) is 0 Å². The molecule has 3 N–H and O–H groups in total. The number of hydrogen-bond donors (Lipinski definition) is 3. The van der Waals surface area contributed by atoms with Crippen molar-refractivity contribution in [1.82, 2.24) is 10.3 Å². The third kappa shape index (κ3) is 3.77. The average molecular weight is 349 g/mol. The number of fused-ring (bicyclic) bond motifs is 1. The summed E-state index contributed by atoms with van der Waals surface area (Å²) in [4.78, 5) is 27.7. The van der Waals surface area contributed by atoms with Gasteiger partial charge in [0.25, 0.3) is 5.91 Å². The molecule has 0 aliphatic carbocycles. The maximum Gasteiger partial charge on any atom is 0.251 e. The fourth-order valence-electron chi connectivity index (χ4n) is 3.07. The molecule has 5 heteroatoms. The molecule has 2 amide bonds. The van der Waals surface area contributed by atoms with Crippen LogP contribution >= 0.6 is 0 Å². The Kier molecular flexibility index (Phi) is 5.37. The number of aryl methyl sites for hydroxylation is 1. The zero-order chi connectivity index (χ0) is 18.5. The van der Waals surface area contributed by atoms with Gasteiger partial charge in [0.05, 0.1) is 0 Å². The van der Waals surface area contributed by atoms with Gasteiger partial charge in [0, 0.05) is 41.3 Å². The number of aromatic nitrogens is 1. The number of anilines is 1. The Balaban J connectivity index is 1.67. The third-order valence-electron chi connectivity index (χ3n) is 4.49. The normalized spacial score (nSPS) is 10.7. The van der Waals surface area contributed by atoms with Crippen LogP contribution in [0, 0.1) is 6.92 Å². The maximum atomic E-state index is 12.4. The van der Waals surface area contributed by atoms with Gasteiger partial charge in [-0.3, -0.25) is 9.59 Å². The summed E-state index contributed by atoms with van der Waals surface area (Å²) >= 11 is 0. The van der Waals surface area contributed by atoms with Crippen LogP contribution in [0.25, 0.3) is 10.9 Å². The number of amides is 2. The van der Waals surface area contributed by atoms with E-state index in [1.807, 2.05) is 44.3 Å². The van der Waals surface area contributed by atoms with E-state index in [-0.39, 0.29) is 11.8 Å². The molecular weight excluding hydrogens is 326 g/mol. The standard InChI is InChI=1S/C21H23N3O2/c1-3-22-21(26)16-8-6-10-18(14(16)2)24-20(25)12-11-15-13-23-19-9-5-4-7-17(15)19/h4-10,13,23H,3,11-12H2,1-2H3,(H,22,26)(H,24,25). The summed E-state index contributed by atoms with van der Waals surface area (Å²) in [6, 6.07) is 13.4. The highest BCUT2D eigenvalue weighted by Gasteiger charge is 2.13. The first-order chi connectivity index (χ1) is 12.6. The maximum absolute atomic E-state index is 12.4. The molecule has 0 saturated carbocycles. The summed E-state index contributed by atoms with van der Waals surface area (Å²) in [6.45, 7) is 4.29. The fraction of sp³-hybridized carbons (Fsp3) is 0.238. The second-order valence-corrected chi connectivity index (χ2v) is 6.25. The van der Waals surface area contributed by atoms with Gasteiger partial charge in [-0.1, -0.05) is 24.3 Å². The summed E-state index contributed by atoms with van der Waals surface area (Å²) in [7, 11) is 0. The van der Waals surface area contributed by atoms with Crippen LogP contribution in [0.3, 0.4) is 0 Å². The topological polar surface area (TPSA) is 74.0 Å². The Hall–Kier alpha value is -3.08. The molecule has 0 unspecified atom stereocenters. The van der Waals surface area contributed by atoms with Gasteiger partial charge in [-0.15, -0.1) is 0 Å². The molecule has 0 atom stereocenters. The number of nitrogens with one attached hydrogen (secondary N) is 3. The zero-order valence-electron chi connectivity index (χ0n) is 15.1. The van der Waals surface area contributed by atoms with Crippen molar-refractivity contribution in [2.75, 3.05) is 11.9 Å². The number of para-hydroxylation sites is 1. The van der Waals surface area contributed by atoms with Crippen molar-refractivity contribution in [2.45, 2.75) is 26.7 Å². The van der Waals surface area contributed by atoms with Gasteiger partial charge in [-0.2, -0.15) is 0 Å². The summed E-state index contributed by atoms with van der Waals surface area (Å²) in [5.74, 6) is -0.189. The number of carbonyl (C=O) groups excluding carboxylic acids is 2. The molecule has 0 aliphatic heterocycles. The van der Waals surface area contributed by atoms with Crippen LogP contribution in [0.15, 0.2) is 48.7 Å². The lowest BCUT2D eigenvalue weighted by Gasteiger charge is -2.12. The second-order valence-electron chi connectivity index (χ2n) is 6.25. The van der Waals surface area contributed by atoms with E-state index in [2.05, 4.69) is 21.7 Å². The zero-order valence-corrected chi connectivity index (χ0v) is 15.1. The third-order valence-corrected chi connectivity index (χ3v) is 4.49. The Morgan fingerprint density at radius 1 is 1.08 bits per heavy atom. The molecule has 1 heterocycles. The molecule has 3 aromatic rings. The second kappa shape index (κ2) is 7.87. The van der Waals surface area contributed by atoms with Gasteiger partial charge in [0.2, 0.25) is 5.91 Å². The molecule has 0 bridgehead atoms. The largest absolute Gasteiger partial charge is 0.361 e. The number of carbonyl (C=O) groups is 2. The Labute approximate surface area is 152 Å². The van der Waals surface area contributed by atoms with Gasteiger partial charge in [-0.25, -0.2) is 0 Å². The van der Waals surface area contributed by atoms with Crippen molar-refractivity contribution in [2.24, 2.45) is 0 Å². The molecule has 2 aromatic carbocycles. The van der Waals surface area contributed by atoms with Crippen molar-refractivity contribution >= 4 is 28.4 Å². The van der Waals surface area contributed by atoms with Crippen LogP contribution in [-0.2, 0) is 11.2 Å². The van der Waals surface area contributed by atoms with Crippen LogP contribution in [-0.4, -0.2) is 23.3 Å². The Bertz CT molecular complexity index is 943. The van der Waals surface area contributed by atoms with E-state index in [0.29, 0.717) is 30.6 Å². The highest BCUT2D eigenvalue weighted by Crippen LogP contribution is 2.21. The summed E-state index contributed by atoms with van der Waals surface area (Å²) < 4.78 is 0. The molecule has 1 aromatic heterocycles. The molecule has 0 saturated heterocycles. The highest BCUT2D eigenvalue weighted by atomic mass is 16.2. The first kappa shape index (κ1) is 17.7. The van der Waals surface area contributed by atoms with Crippen LogP contribution < -0.4 is 10.6 Å². The van der Waals surface area contributed by atoms with E-state index in [4.69, 9.17) is 0 Å². The number of aromatic amines is 1. The molecule has 0 radical (unpaired) electrons. The lowest BCUT2D eigenvalue weighted by molar-refractivity contribution is -0.116. The van der Waals surface area contributed by atoms with Crippen LogP contribution in [0.4, 0.5) is 5.69 Å².